The van der Waals surface area contributed by atoms with Crippen LogP contribution in [-0.2, 0) is 14.3 Å². The van der Waals surface area contributed by atoms with Gasteiger partial charge in [-0.05, 0) is 72.6 Å². The van der Waals surface area contributed by atoms with E-state index in [1.165, 1.54) is 43.3 Å². The molecule has 0 aliphatic rings. The van der Waals surface area contributed by atoms with Gasteiger partial charge in [0.15, 0.2) is 6.29 Å². The van der Waals surface area contributed by atoms with Gasteiger partial charge in [0.1, 0.15) is 6.29 Å². The predicted molar refractivity (Wildman–Crippen MR) is 121 cm³/mol. The van der Waals surface area contributed by atoms with Crippen LogP contribution in [-0.4, -0.2) is 25.8 Å². The van der Waals surface area contributed by atoms with Crippen LogP contribution in [0.4, 0.5) is 0 Å². The summed E-state index contributed by atoms with van der Waals surface area (Å²) in [4.78, 5) is 10.3. The van der Waals surface area contributed by atoms with Crippen molar-refractivity contribution in [1.29, 1.82) is 0 Å². The predicted octanol–water partition coefficient (Wildman–Crippen LogP) is 7.40. The van der Waals surface area contributed by atoms with E-state index in [4.69, 9.17) is 9.47 Å². The van der Waals surface area contributed by atoms with E-state index in [1.807, 2.05) is 13.8 Å². The van der Waals surface area contributed by atoms with Gasteiger partial charge in [-0.15, -0.1) is 0 Å². The third-order valence-corrected chi connectivity index (χ3v) is 5.17. The Morgan fingerprint density at radius 3 is 2.00 bits per heavy atom. The molecule has 164 valence electrons. The smallest absolute Gasteiger partial charge is 0.160 e. The zero-order chi connectivity index (χ0) is 21.0. The highest BCUT2D eigenvalue weighted by molar-refractivity contribution is 5.48. The van der Waals surface area contributed by atoms with Crippen molar-refractivity contribution in [2.75, 3.05) is 13.2 Å². The van der Waals surface area contributed by atoms with Crippen molar-refractivity contribution in [2.24, 2.45) is 5.92 Å². The van der Waals surface area contributed by atoms with Crippen molar-refractivity contribution in [3.05, 3.63) is 23.3 Å². The first-order valence-corrected chi connectivity index (χ1v) is 11.5. The summed E-state index contributed by atoms with van der Waals surface area (Å²) in [5.41, 5.74) is 3.00. The highest BCUT2D eigenvalue weighted by atomic mass is 16.7. The minimum atomic E-state index is -0.0701. The van der Waals surface area contributed by atoms with E-state index in [-0.39, 0.29) is 6.29 Å². The van der Waals surface area contributed by atoms with Crippen molar-refractivity contribution in [3.63, 3.8) is 0 Å². The molecular formula is C25H46O3. The molecule has 0 N–H and O–H groups in total. The second-order valence-corrected chi connectivity index (χ2v) is 7.95. The second-order valence-electron chi connectivity index (χ2n) is 7.95. The van der Waals surface area contributed by atoms with Gasteiger partial charge < -0.3 is 14.3 Å². The molecule has 0 saturated carbocycles. The molecule has 0 saturated heterocycles. The van der Waals surface area contributed by atoms with Crippen molar-refractivity contribution >= 4 is 6.29 Å². The van der Waals surface area contributed by atoms with Gasteiger partial charge in [-0.1, -0.05) is 49.5 Å². The van der Waals surface area contributed by atoms with E-state index in [2.05, 4.69) is 32.9 Å². The van der Waals surface area contributed by atoms with E-state index < -0.39 is 0 Å². The summed E-state index contributed by atoms with van der Waals surface area (Å²) in [6, 6.07) is 0. The monoisotopic (exact) mass is 394 g/mol. The highest BCUT2D eigenvalue weighted by Gasteiger charge is 2.16. The zero-order valence-corrected chi connectivity index (χ0v) is 19.3. The Balaban J connectivity index is 3.91. The number of unbranched alkanes of at least 4 members (excludes halogenated alkanes) is 5. The summed E-state index contributed by atoms with van der Waals surface area (Å²) in [5, 5.41) is 0. The van der Waals surface area contributed by atoms with E-state index in [0.29, 0.717) is 19.1 Å². The standard InChI is InChI=1S/C25H46O3/c1-6-27-25(28-7-2)24(5)20-15-19-23(4)18-14-17-22(3)16-12-10-8-9-11-13-21-26/h17,19,21,24-25H,6-16,18,20H2,1-5H3. The lowest BCUT2D eigenvalue weighted by Crippen LogP contribution is -2.25. The van der Waals surface area contributed by atoms with Crippen LogP contribution in [0.1, 0.15) is 105 Å². The van der Waals surface area contributed by atoms with E-state index >= 15 is 0 Å². The summed E-state index contributed by atoms with van der Waals surface area (Å²) in [7, 11) is 0. The molecule has 0 aliphatic carbocycles. The van der Waals surface area contributed by atoms with Gasteiger partial charge in [0.25, 0.3) is 0 Å². The van der Waals surface area contributed by atoms with Gasteiger partial charge in [0.2, 0.25) is 0 Å². The molecule has 0 fully saturated rings. The van der Waals surface area contributed by atoms with Gasteiger partial charge in [0.05, 0.1) is 0 Å². The largest absolute Gasteiger partial charge is 0.353 e. The Kier molecular flexibility index (Phi) is 18.7. The van der Waals surface area contributed by atoms with Gasteiger partial charge >= 0.3 is 0 Å². The Hall–Kier alpha value is -0.930. The van der Waals surface area contributed by atoms with Gasteiger partial charge in [-0.2, -0.15) is 0 Å². The van der Waals surface area contributed by atoms with Crippen LogP contribution < -0.4 is 0 Å². The molecule has 0 aromatic carbocycles. The topological polar surface area (TPSA) is 35.5 Å². The second kappa shape index (κ2) is 19.4. The average molecular weight is 395 g/mol. The molecule has 1 unspecified atom stereocenters. The molecule has 0 bridgehead atoms. The third kappa shape index (κ3) is 16.1. The number of carbonyl (C=O) groups is 1. The molecule has 3 nitrogen and oxygen atoms in total. The minimum Gasteiger partial charge on any atom is -0.353 e. The summed E-state index contributed by atoms with van der Waals surface area (Å²) in [6.07, 6.45) is 18.2. The molecule has 3 heteroatoms. The van der Waals surface area contributed by atoms with Crippen LogP contribution in [0.3, 0.4) is 0 Å². The van der Waals surface area contributed by atoms with Crippen LogP contribution in [0, 0.1) is 5.92 Å². The maximum Gasteiger partial charge on any atom is 0.160 e. The number of ether oxygens (including phenoxy) is 2. The first kappa shape index (κ1) is 27.1. The number of hydrogen-bond acceptors (Lipinski definition) is 3. The fourth-order valence-electron chi connectivity index (χ4n) is 3.35. The molecule has 0 aliphatic heterocycles. The molecule has 0 heterocycles. The number of rotatable bonds is 19. The third-order valence-electron chi connectivity index (χ3n) is 5.17. The van der Waals surface area contributed by atoms with Gasteiger partial charge in [-0.25, -0.2) is 0 Å². The molecule has 28 heavy (non-hydrogen) atoms. The van der Waals surface area contributed by atoms with Crippen LogP contribution in [0.5, 0.6) is 0 Å². The van der Waals surface area contributed by atoms with Gasteiger partial charge in [-0.3, -0.25) is 0 Å². The van der Waals surface area contributed by atoms with Crippen LogP contribution in [0.2, 0.25) is 0 Å². The minimum absolute atomic E-state index is 0.0701. The summed E-state index contributed by atoms with van der Waals surface area (Å²) >= 11 is 0. The maximum absolute atomic E-state index is 10.3. The lowest BCUT2D eigenvalue weighted by atomic mass is 10.0. The van der Waals surface area contributed by atoms with Crippen LogP contribution >= 0.6 is 0 Å². The van der Waals surface area contributed by atoms with Crippen molar-refractivity contribution in [2.45, 2.75) is 112 Å². The van der Waals surface area contributed by atoms with Crippen molar-refractivity contribution < 1.29 is 14.3 Å². The number of hydrogen-bond donors (Lipinski definition) is 0. The van der Waals surface area contributed by atoms with Crippen LogP contribution in [0.25, 0.3) is 0 Å². The number of carbonyl (C=O) groups excluding carboxylic acids is 1. The molecule has 0 spiro atoms. The zero-order valence-electron chi connectivity index (χ0n) is 19.3. The number of allylic oxidation sites excluding steroid dienone is 4. The average Bonchev–Trinajstić information content (AvgIpc) is 2.67. The fourth-order valence-corrected chi connectivity index (χ4v) is 3.35. The van der Waals surface area contributed by atoms with Crippen LogP contribution in [0.15, 0.2) is 23.3 Å². The number of aldehydes is 1. The fraction of sp³-hybridized carbons (Fsp3) is 0.800. The van der Waals surface area contributed by atoms with Gasteiger partial charge in [0, 0.05) is 25.6 Å². The molecular weight excluding hydrogens is 348 g/mol. The Morgan fingerprint density at radius 1 is 0.786 bits per heavy atom. The Morgan fingerprint density at radius 2 is 1.36 bits per heavy atom. The van der Waals surface area contributed by atoms with Crippen molar-refractivity contribution in [3.8, 4) is 0 Å². The highest BCUT2D eigenvalue weighted by Crippen LogP contribution is 2.18. The Labute approximate surface area is 175 Å². The first-order valence-electron chi connectivity index (χ1n) is 11.5. The van der Waals surface area contributed by atoms with E-state index in [9.17, 15) is 4.79 Å². The normalized spacial score (nSPS) is 13.9. The van der Waals surface area contributed by atoms with Crippen molar-refractivity contribution in [1.82, 2.24) is 0 Å². The molecule has 0 aromatic rings. The first-order chi connectivity index (χ1) is 13.5. The quantitative estimate of drug-likeness (QED) is 0.0990. The van der Waals surface area contributed by atoms with E-state index in [1.54, 1.807) is 0 Å². The summed E-state index contributed by atoms with van der Waals surface area (Å²) in [6.45, 7) is 12.2. The SMILES string of the molecule is CCOC(OCC)C(C)CCC=C(C)CCC=C(C)CCCCCCCC=O. The lowest BCUT2D eigenvalue weighted by Gasteiger charge is -2.23. The molecule has 1 atom stereocenters. The molecule has 0 amide bonds. The molecule has 0 aromatic heterocycles. The Bertz CT molecular complexity index is 420. The maximum atomic E-state index is 10.3. The summed E-state index contributed by atoms with van der Waals surface area (Å²) < 4.78 is 11.4. The molecule has 0 radical (unpaired) electrons. The lowest BCUT2D eigenvalue weighted by molar-refractivity contribution is -0.164. The molecule has 0 rings (SSSR count). The van der Waals surface area contributed by atoms with E-state index in [0.717, 1.165) is 44.8 Å². The summed E-state index contributed by atoms with van der Waals surface area (Å²) in [5.74, 6) is 0.421.